The molecule has 0 bridgehead atoms. The van der Waals surface area contributed by atoms with Gasteiger partial charge in [0.2, 0.25) is 0 Å². The summed E-state index contributed by atoms with van der Waals surface area (Å²) in [7, 11) is 1.44. The van der Waals surface area contributed by atoms with E-state index in [4.69, 9.17) is 4.74 Å². The minimum absolute atomic E-state index is 0.0603. The fourth-order valence-corrected chi connectivity index (χ4v) is 1.98. The van der Waals surface area contributed by atoms with Crippen LogP contribution in [0.25, 0.3) is 0 Å². The minimum Gasteiger partial charge on any atom is -0.386 e. The molecule has 1 aliphatic heterocycles. The van der Waals surface area contributed by atoms with Crippen LogP contribution in [0.1, 0.15) is 16.9 Å². The van der Waals surface area contributed by atoms with Crippen molar-refractivity contribution in [2.75, 3.05) is 19.8 Å². The number of nitro groups is 1. The number of carbonyl (C=O) groups excluding carboxylic acids is 1. The average molecular weight is 269 g/mol. The number of aromatic nitrogens is 1. The Kier molecular flexibility index (Phi) is 3.54. The summed E-state index contributed by atoms with van der Waals surface area (Å²) in [5.41, 5.74) is -0.874. The first-order valence-corrected chi connectivity index (χ1v) is 5.81. The number of aliphatic hydroxyl groups is 1. The molecule has 8 heteroatoms. The van der Waals surface area contributed by atoms with Gasteiger partial charge in [-0.1, -0.05) is 0 Å². The lowest BCUT2D eigenvalue weighted by atomic mass is 10.0. The van der Waals surface area contributed by atoms with Gasteiger partial charge in [0.05, 0.1) is 13.7 Å². The number of amides is 1. The van der Waals surface area contributed by atoms with Crippen LogP contribution in [-0.4, -0.2) is 45.9 Å². The predicted molar refractivity (Wildman–Crippen MR) is 64.8 cm³/mol. The summed E-state index contributed by atoms with van der Waals surface area (Å²) in [6, 6.07) is 2.64. The molecule has 19 heavy (non-hydrogen) atoms. The third-order valence-corrected chi connectivity index (χ3v) is 3.18. The third-order valence-electron chi connectivity index (χ3n) is 3.18. The van der Waals surface area contributed by atoms with Crippen LogP contribution < -0.4 is 5.32 Å². The lowest BCUT2D eigenvalue weighted by Gasteiger charge is -2.20. The molecule has 2 heterocycles. The van der Waals surface area contributed by atoms with E-state index in [2.05, 4.69) is 5.32 Å². The summed E-state index contributed by atoms with van der Waals surface area (Å²) in [6.07, 6.45) is 0.459. The van der Waals surface area contributed by atoms with E-state index in [0.29, 0.717) is 13.0 Å². The van der Waals surface area contributed by atoms with Crippen molar-refractivity contribution < 1.29 is 19.6 Å². The van der Waals surface area contributed by atoms with Crippen LogP contribution >= 0.6 is 0 Å². The van der Waals surface area contributed by atoms with Gasteiger partial charge in [0.25, 0.3) is 5.91 Å². The van der Waals surface area contributed by atoms with Gasteiger partial charge < -0.3 is 25.3 Å². The number of nitrogens with one attached hydrogen (secondary N) is 1. The quantitative estimate of drug-likeness (QED) is 0.582. The first kappa shape index (κ1) is 13.5. The monoisotopic (exact) mass is 269 g/mol. The summed E-state index contributed by atoms with van der Waals surface area (Å²) in [5.74, 6) is -0.621. The molecule has 1 unspecified atom stereocenters. The van der Waals surface area contributed by atoms with Gasteiger partial charge in [-0.25, -0.2) is 4.57 Å². The summed E-state index contributed by atoms with van der Waals surface area (Å²) in [6.45, 7) is 0.702. The molecule has 1 aromatic rings. The van der Waals surface area contributed by atoms with Gasteiger partial charge in [-0.3, -0.25) is 4.79 Å². The summed E-state index contributed by atoms with van der Waals surface area (Å²) >= 11 is 0. The molecule has 1 atom stereocenters. The molecule has 2 N–H and O–H groups in total. The Morgan fingerprint density at radius 3 is 2.95 bits per heavy atom. The maximum absolute atomic E-state index is 11.9. The number of nitrogens with zero attached hydrogens (tertiary/aromatic N) is 2. The fourth-order valence-electron chi connectivity index (χ4n) is 1.98. The fraction of sp³-hybridized carbons (Fsp3) is 0.545. The third kappa shape index (κ3) is 2.74. The molecular formula is C11H15N3O5. The maximum atomic E-state index is 11.9. The average Bonchev–Trinajstić information content (AvgIpc) is 2.93. The van der Waals surface area contributed by atoms with Crippen molar-refractivity contribution in [2.24, 2.45) is 7.05 Å². The van der Waals surface area contributed by atoms with Gasteiger partial charge in [0, 0.05) is 25.6 Å². The van der Waals surface area contributed by atoms with Gasteiger partial charge in [-0.15, -0.1) is 0 Å². The molecule has 0 radical (unpaired) electrons. The van der Waals surface area contributed by atoms with Crippen LogP contribution in [0.2, 0.25) is 0 Å². The van der Waals surface area contributed by atoms with Crippen molar-refractivity contribution in [3.8, 4) is 0 Å². The maximum Gasteiger partial charge on any atom is 0.323 e. The van der Waals surface area contributed by atoms with Crippen LogP contribution in [0.15, 0.2) is 12.1 Å². The molecule has 1 amide bonds. The van der Waals surface area contributed by atoms with Crippen LogP contribution in [0.3, 0.4) is 0 Å². The molecule has 1 fully saturated rings. The van der Waals surface area contributed by atoms with Crippen molar-refractivity contribution in [1.82, 2.24) is 9.88 Å². The molecule has 1 aromatic heterocycles. The molecule has 104 valence electrons. The molecule has 0 saturated carbocycles. The van der Waals surface area contributed by atoms with Crippen molar-refractivity contribution in [2.45, 2.75) is 12.0 Å². The van der Waals surface area contributed by atoms with E-state index in [1.165, 1.54) is 23.7 Å². The molecule has 0 aliphatic carbocycles. The Morgan fingerprint density at radius 2 is 2.42 bits per heavy atom. The summed E-state index contributed by atoms with van der Waals surface area (Å²) in [4.78, 5) is 22.0. The first-order valence-electron chi connectivity index (χ1n) is 5.81. The highest BCUT2D eigenvalue weighted by Crippen LogP contribution is 2.18. The number of carbonyl (C=O) groups is 1. The zero-order valence-corrected chi connectivity index (χ0v) is 10.5. The summed E-state index contributed by atoms with van der Waals surface area (Å²) < 4.78 is 6.26. The van der Waals surface area contributed by atoms with Gasteiger partial charge in [-0.05, 0) is 11.0 Å². The van der Waals surface area contributed by atoms with E-state index in [0.717, 1.165) is 0 Å². The molecule has 0 spiro atoms. The van der Waals surface area contributed by atoms with Gasteiger partial charge in [-0.2, -0.15) is 0 Å². The Balaban J connectivity index is 2.02. The van der Waals surface area contributed by atoms with E-state index >= 15 is 0 Å². The smallest absolute Gasteiger partial charge is 0.323 e. The Hall–Kier alpha value is -1.93. The topological polar surface area (TPSA) is 107 Å². The standard InChI is InChI=1S/C11H15N3O5/c1-13-8(2-3-9(13)14(17)18)10(15)12-6-11(16)4-5-19-7-11/h2-3,16H,4-7H2,1H3,(H,12,15). The van der Waals surface area contributed by atoms with Gasteiger partial charge in [0.1, 0.15) is 5.60 Å². The molecule has 2 rings (SSSR count). The van der Waals surface area contributed by atoms with E-state index in [1.807, 2.05) is 0 Å². The first-order chi connectivity index (χ1) is 8.93. The molecule has 1 saturated heterocycles. The second-order valence-electron chi connectivity index (χ2n) is 4.60. The number of hydrogen-bond acceptors (Lipinski definition) is 5. The summed E-state index contributed by atoms with van der Waals surface area (Å²) in [5, 5.41) is 23.2. The van der Waals surface area contributed by atoms with Crippen LogP contribution in [0, 0.1) is 10.1 Å². The van der Waals surface area contributed by atoms with Crippen molar-refractivity contribution in [3.63, 3.8) is 0 Å². The second kappa shape index (κ2) is 4.98. The van der Waals surface area contributed by atoms with Crippen molar-refractivity contribution >= 4 is 11.7 Å². The van der Waals surface area contributed by atoms with E-state index < -0.39 is 16.4 Å². The zero-order chi connectivity index (χ0) is 14.0. The lowest BCUT2D eigenvalue weighted by molar-refractivity contribution is -0.391. The lowest BCUT2D eigenvalue weighted by Crippen LogP contribution is -2.43. The number of ether oxygens (including phenoxy) is 1. The largest absolute Gasteiger partial charge is 0.386 e. The Morgan fingerprint density at radius 1 is 1.68 bits per heavy atom. The normalized spacial score (nSPS) is 22.4. The highest BCUT2D eigenvalue weighted by Gasteiger charge is 2.33. The van der Waals surface area contributed by atoms with Crippen LogP contribution in [0.5, 0.6) is 0 Å². The van der Waals surface area contributed by atoms with Crippen molar-refractivity contribution in [3.05, 3.63) is 27.9 Å². The molecule has 0 aromatic carbocycles. The van der Waals surface area contributed by atoms with Gasteiger partial charge in [0.15, 0.2) is 5.69 Å². The minimum atomic E-state index is -1.05. The van der Waals surface area contributed by atoms with Crippen molar-refractivity contribution in [1.29, 1.82) is 0 Å². The molecule has 1 aliphatic rings. The highest BCUT2D eigenvalue weighted by atomic mass is 16.6. The predicted octanol–water partition coefficient (Wildman–Crippen LogP) is -0.186. The SMILES string of the molecule is Cn1c(C(=O)NCC2(O)CCOC2)ccc1[N+](=O)[O-]. The highest BCUT2D eigenvalue weighted by molar-refractivity contribution is 5.93. The Labute approximate surface area is 109 Å². The molecular weight excluding hydrogens is 254 g/mol. The number of hydrogen-bond donors (Lipinski definition) is 2. The zero-order valence-electron chi connectivity index (χ0n) is 10.5. The van der Waals surface area contributed by atoms with Crippen LogP contribution in [0.4, 0.5) is 5.82 Å². The van der Waals surface area contributed by atoms with E-state index in [9.17, 15) is 20.0 Å². The van der Waals surface area contributed by atoms with Crippen LogP contribution in [-0.2, 0) is 11.8 Å². The number of rotatable bonds is 4. The molecule has 8 nitrogen and oxygen atoms in total. The van der Waals surface area contributed by atoms with E-state index in [1.54, 1.807) is 0 Å². The van der Waals surface area contributed by atoms with Gasteiger partial charge >= 0.3 is 5.82 Å². The van der Waals surface area contributed by atoms with E-state index in [-0.39, 0.29) is 24.7 Å². The second-order valence-corrected chi connectivity index (χ2v) is 4.60. The Bertz CT molecular complexity index is 504.